The minimum absolute atomic E-state index is 0.0669. The van der Waals surface area contributed by atoms with Gasteiger partial charge in [0, 0.05) is 6.54 Å². The normalized spacial score (nSPS) is 13.8. The Labute approximate surface area is 112 Å². The number of hydrogen-bond acceptors (Lipinski definition) is 4. The maximum absolute atomic E-state index is 13.3. The number of aryl methyl sites for hydroxylation is 1. The fourth-order valence-electron chi connectivity index (χ4n) is 1.43. The van der Waals surface area contributed by atoms with Crippen molar-refractivity contribution in [1.29, 1.82) is 0 Å². The number of aliphatic hydroxyl groups is 1. The maximum atomic E-state index is 13.3. The van der Waals surface area contributed by atoms with Crippen molar-refractivity contribution in [2.24, 2.45) is 5.92 Å². The molecular formula is C12H19FN2O3S. The number of hydrogen-bond donors (Lipinski definition) is 3. The van der Waals surface area contributed by atoms with E-state index < -0.39 is 21.9 Å². The molecule has 0 aromatic heterocycles. The van der Waals surface area contributed by atoms with Gasteiger partial charge in [0.1, 0.15) is 5.82 Å². The predicted molar refractivity (Wildman–Crippen MR) is 71.6 cm³/mol. The molecule has 0 aliphatic carbocycles. The van der Waals surface area contributed by atoms with E-state index in [0.717, 1.165) is 6.07 Å². The molecule has 0 bridgehead atoms. The monoisotopic (exact) mass is 290 g/mol. The molecule has 0 saturated carbocycles. The first-order valence-corrected chi connectivity index (χ1v) is 7.37. The molecule has 0 saturated heterocycles. The molecule has 1 unspecified atom stereocenters. The summed E-state index contributed by atoms with van der Waals surface area (Å²) in [7, 11) is -3.81. The van der Waals surface area contributed by atoms with E-state index in [1.807, 2.05) is 0 Å². The summed E-state index contributed by atoms with van der Waals surface area (Å²) in [4.78, 5) is -0.111. The lowest BCUT2D eigenvalue weighted by Crippen LogP contribution is -2.34. The number of anilines is 1. The SMILES string of the molecule is Cc1cc(S(=O)(=O)NCC(O)C(C)C)cc(N)c1F. The fraction of sp³-hybridized carbons (Fsp3) is 0.500. The summed E-state index contributed by atoms with van der Waals surface area (Å²) in [6.07, 6.45) is -0.784. The summed E-state index contributed by atoms with van der Waals surface area (Å²) in [6, 6.07) is 2.27. The molecule has 0 radical (unpaired) electrons. The Bertz CT molecular complexity index is 535. The van der Waals surface area contributed by atoms with Crippen molar-refractivity contribution < 1.29 is 17.9 Å². The van der Waals surface area contributed by atoms with Crippen molar-refractivity contribution >= 4 is 15.7 Å². The zero-order valence-electron chi connectivity index (χ0n) is 11.1. The molecule has 108 valence electrons. The van der Waals surface area contributed by atoms with Gasteiger partial charge in [-0.05, 0) is 30.5 Å². The number of benzene rings is 1. The van der Waals surface area contributed by atoms with Gasteiger partial charge >= 0.3 is 0 Å². The molecule has 4 N–H and O–H groups in total. The van der Waals surface area contributed by atoms with Gasteiger partial charge in [-0.2, -0.15) is 0 Å². The minimum Gasteiger partial charge on any atom is -0.396 e. The second-order valence-electron chi connectivity index (χ2n) is 4.81. The van der Waals surface area contributed by atoms with Crippen LogP contribution in [-0.2, 0) is 10.0 Å². The van der Waals surface area contributed by atoms with E-state index in [1.54, 1.807) is 13.8 Å². The Hall–Kier alpha value is -1.18. The molecule has 1 aromatic carbocycles. The van der Waals surface area contributed by atoms with E-state index >= 15 is 0 Å². The molecule has 0 aliphatic rings. The van der Waals surface area contributed by atoms with Gasteiger partial charge in [-0.15, -0.1) is 0 Å². The van der Waals surface area contributed by atoms with Gasteiger partial charge in [0.05, 0.1) is 16.7 Å². The Balaban J connectivity index is 2.95. The number of nitrogens with one attached hydrogen (secondary N) is 1. The van der Waals surface area contributed by atoms with Crippen LogP contribution in [0.1, 0.15) is 19.4 Å². The Morgan fingerprint density at radius 3 is 2.47 bits per heavy atom. The van der Waals surface area contributed by atoms with Crippen molar-refractivity contribution in [2.75, 3.05) is 12.3 Å². The van der Waals surface area contributed by atoms with Crippen molar-refractivity contribution in [3.8, 4) is 0 Å². The van der Waals surface area contributed by atoms with E-state index in [4.69, 9.17) is 5.73 Å². The van der Waals surface area contributed by atoms with Crippen LogP contribution in [0.5, 0.6) is 0 Å². The number of nitrogen functional groups attached to an aromatic ring is 1. The Morgan fingerprint density at radius 2 is 2.00 bits per heavy atom. The number of aliphatic hydroxyl groups excluding tert-OH is 1. The summed E-state index contributed by atoms with van der Waals surface area (Å²) in [5.41, 5.74) is 5.35. The van der Waals surface area contributed by atoms with Crippen LogP contribution in [0.15, 0.2) is 17.0 Å². The van der Waals surface area contributed by atoms with Crippen LogP contribution in [0, 0.1) is 18.7 Å². The highest BCUT2D eigenvalue weighted by Gasteiger charge is 2.19. The molecule has 0 heterocycles. The van der Waals surface area contributed by atoms with Gasteiger partial charge in [0.15, 0.2) is 0 Å². The molecule has 1 atom stereocenters. The average molecular weight is 290 g/mol. The van der Waals surface area contributed by atoms with Crippen molar-refractivity contribution in [2.45, 2.75) is 31.8 Å². The molecule has 19 heavy (non-hydrogen) atoms. The topological polar surface area (TPSA) is 92.4 Å². The lowest BCUT2D eigenvalue weighted by Gasteiger charge is -2.15. The summed E-state index contributed by atoms with van der Waals surface area (Å²) in [5, 5.41) is 9.58. The minimum atomic E-state index is -3.81. The smallest absolute Gasteiger partial charge is 0.240 e. The summed E-state index contributed by atoms with van der Waals surface area (Å²) < 4.78 is 39.6. The molecule has 0 amide bonds. The standard InChI is InChI=1S/C12H19FN2O3S/c1-7(2)11(16)6-15-19(17,18)9-4-8(3)12(13)10(14)5-9/h4-5,7,11,15-16H,6,14H2,1-3H3. The van der Waals surface area contributed by atoms with Crippen molar-refractivity contribution in [1.82, 2.24) is 4.72 Å². The maximum Gasteiger partial charge on any atom is 0.240 e. The molecule has 1 aromatic rings. The lowest BCUT2D eigenvalue weighted by molar-refractivity contribution is 0.129. The van der Waals surface area contributed by atoms with Gasteiger partial charge in [-0.25, -0.2) is 17.5 Å². The number of halogens is 1. The lowest BCUT2D eigenvalue weighted by atomic mass is 10.1. The highest BCUT2D eigenvalue weighted by atomic mass is 32.2. The number of sulfonamides is 1. The molecule has 5 nitrogen and oxygen atoms in total. The quantitative estimate of drug-likeness (QED) is 0.706. The van der Waals surface area contributed by atoms with E-state index in [1.165, 1.54) is 13.0 Å². The van der Waals surface area contributed by atoms with Crippen LogP contribution in [0.3, 0.4) is 0 Å². The molecule has 0 spiro atoms. The van der Waals surface area contributed by atoms with Gasteiger partial charge in [0.2, 0.25) is 10.0 Å². The first-order valence-electron chi connectivity index (χ1n) is 5.88. The zero-order chi connectivity index (χ0) is 14.8. The summed E-state index contributed by atoms with van der Waals surface area (Å²) in [6.45, 7) is 4.89. The third kappa shape index (κ3) is 3.89. The van der Waals surface area contributed by atoms with E-state index in [2.05, 4.69) is 4.72 Å². The first kappa shape index (κ1) is 15.9. The van der Waals surface area contributed by atoms with Crippen LogP contribution >= 0.6 is 0 Å². The van der Waals surface area contributed by atoms with E-state index in [0.29, 0.717) is 0 Å². The van der Waals surface area contributed by atoms with Crippen LogP contribution < -0.4 is 10.5 Å². The first-order chi connectivity index (χ1) is 8.65. The van der Waals surface area contributed by atoms with Crippen molar-refractivity contribution in [3.63, 3.8) is 0 Å². The average Bonchev–Trinajstić information content (AvgIpc) is 2.32. The summed E-state index contributed by atoms with van der Waals surface area (Å²) in [5.74, 6) is -0.691. The van der Waals surface area contributed by atoms with E-state index in [9.17, 15) is 17.9 Å². The highest BCUT2D eigenvalue weighted by molar-refractivity contribution is 7.89. The molecule has 1 rings (SSSR count). The second-order valence-corrected chi connectivity index (χ2v) is 6.57. The van der Waals surface area contributed by atoms with Gasteiger partial charge in [-0.3, -0.25) is 0 Å². The third-order valence-corrected chi connectivity index (χ3v) is 4.22. The van der Waals surface area contributed by atoms with Gasteiger partial charge < -0.3 is 10.8 Å². The second kappa shape index (κ2) is 5.85. The molecular weight excluding hydrogens is 271 g/mol. The summed E-state index contributed by atoms with van der Waals surface area (Å²) >= 11 is 0. The van der Waals surface area contributed by atoms with Crippen LogP contribution in [0.2, 0.25) is 0 Å². The fourth-order valence-corrected chi connectivity index (χ4v) is 2.60. The van der Waals surface area contributed by atoms with Crippen LogP contribution in [0.25, 0.3) is 0 Å². The third-order valence-electron chi connectivity index (χ3n) is 2.82. The predicted octanol–water partition coefficient (Wildman–Crippen LogP) is 1.01. The Morgan fingerprint density at radius 1 is 1.42 bits per heavy atom. The van der Waals surface area contributed by atoms with E-state index in [-0.39, 0.29) is 28.6 Å². The van der Waals surface area contributed by atoms with Crippen molar-refractivity contribution in [3.05, 3.63) is 23.5 Å². The molecule has 0 fully saturated rings. The van der Waals surface area contributed by atoms with Crippen LogP contribution in [-0.4, -0.2) is 26.2 Å². The van der Waals surface area contributed by atoms with Crippen LogP contribution in [0.4, 0.5) is 10.1 Å². The Kier molecular flexibility index (Phi) is 4.89. The number of rotatable bonds is 5. The largest absolute Gasteiger partial charge is 0.396 e. The number of nitrogens with two attached hydrogens (primary N) is 1. The zero-order valence-corrected chi connectivity index (χ0v) is 12.0. The molecule has 7 heteroatoms. The van der Waals surface area contributed by atoms with Gasteiger partial charge in [-0.1, -0.05) is 13.8 Å². The molecule has 0 aliphatic heterocycles. The highest BCUT2D eigenvalue weighted by Crippen LogP contribution is 2.20. The van der Waals surface area contributed by atoms with Gasteiger partial charge in [0.25, 0.3) is 0 Å².